The maximum atomic E-state index is 11.7. The highest BCUT2D eigenvalue weighted by atomic mass is 32.2. The van der Waals surface area contributed by atoms with Gasteiger partial charge >= 0.3 is 0 Å². The summed E-state index contributed by atoms with van der Waals surface area (Å²) in [5, 5.41) is 8.72. The second-order valence-corrected chi connectivity index (χ2v) is 5.93. The zero-order valence-electron chi connectivity index (χ0n) is 9.72. The molecule has 1 rings (SSSR count). The lowest BCUT2D eigenvalue weighted by atomic mass is 10.2. The van der Waals surface area contributed by atoms with E-state index in [-0.39, 0.29) is 11.5 Å². The van der Waals surface area contributed by atoms with Crippen LogP contribution in [-0.2, 0) is 20.3 Å². The lowest BCUT2D eigenvalue weighted by Gasteiger charge is -2.04. The Morgan fingerprint density at radius 1 is 1.41 bits per heavy atom. The van der Waals surface area contributed by atoms with E-state index in [9.17, 15) is 8.42 Å². The van der Waals surface area contributed by atoms with Gasteiger partial charge in [-0.25, -0.2) is 8.42 Å². The van der Waals surface area contributed by atoms with Crippen molar-refractivity contribution in [1.82, 2.24) is 0 Å². The van der Waals surface area contributed by atoms with Crippen LogP contribution < -0.4 is 0 Å². The maximum absolute atomic E-state index is 11.7. The number of ether oxygens (including phenoxy) is 1. The number of hydrogen-bond acceptors (Lipinski definition) is 4. The van der Waals surface area contributed by atoms with Crippen molar-refractivity contribution in [2.75, 3.05) is 19.5 Å². The fourth-order valence-corrected chi connectivity index (χ4v) is 2.87. The van der Waals surface area contributed by atoms with Gasteiger partial charge in [-0.3, -0.25) is 0 Å². The fraction of sp³-hybridized carbons (Fsp3) is 0.417. The highest BCUT2D eigenvalue weighted by molar-refractivity contribution is 7.90. The number of nitriles is 1. The number of hydrogen-bond donors (Lipinski definition) is 0. The summed E-state index contributed by atoms with van der Waals surface area (Å²) < 4.78 is 28.3. The van der Waals surface area contributed by atoms with Crippen molar-refractivity contribution in [2.45, 2.75) is 12.2 Å². The van der Waals surface area contributed by atoms with Gasteiger partial charge < -0.3 is 4.74 Å². The molecule has 0 saturated heterocycles. The van der Waals surface area contributed by atoms with E-state index in [1.54, 1.807) is 31.4 Å². The lowest BCUT2D eigenvalue weighted by molar-refractivity contribution is 0.199. The van der Waals surface area contributed by atoms with E-state index >= 15 is 0 Å². The van der Waals surface area contributed by atoms with Crippen LogP contribution in [0.2, 0.25) is 0 Å². The minimum atomic E-state index is -3.12. The molecule has 0 heterocycles. The summed E-state index contributed by atoms with van der Waals surface area (Å²) in [5.41, 5.74) is 1.14. The first-order chi connectivity index (χ1) is 8.07. The molecule has 0 aliphatic heterocycles. The van der Waals surface area contributed by atoms with Crippen LogP contribution in [-0.4, -0.2) is 27.9 Å². The number of rotatable bonds is 6. The molecule has 0 unspecified atom stereocenters. The molecular weight excluding hydrogens is 238 g/mol. The van der Waals surface area contributed by atoms with Crippen molar-refractivity contribution in [2.24, 2.45) is 0 Å². The topological polar surface area (TPSA) is 67.2 Å². The highest BCUT2D eigenvalue weighted by Gasteiger charge is 2.11. The smallest absolute Gasteiger partial charge is 0.154 e. The fourth-order valence-electron chi connectivity index (χ4n) is 1.48. The van der Waals surface area contributed by atoms with Crippen LogP contribution in [0.25, 0.3) is 0 Å². The molecular formula is C12H15NO3S. The van der Waals surface area contributed by atoms with Crippen LogP contribution in [0.5, 0.6) is 0 Å². The van der Waals surface area contributed by atoms with Gasteiger partial charge in [0.15, 0.2) is 9.84 Å². The Balaban J connectivity index is 2.66. The molecule has 0 atom stereocenters. The van der Waals surface area contributed by atoms with E-state index in [2.05, 4.69) is 0 Å². The Labute approximate surface area is 102 Å². The Kier molecular flexibility index (Phi) is 5.13. The zero-order chi connectivity index (χ0) is 12.7. The molecule has 0 fully saturated rings. The number of nitrogens with zero attached hydrogens (tertiary/aromatic N) is 1. The minimum Gasteiger partial charge on any atom is -0.385 e. The number of sulfone groups is 1. The van der Waals surface area contributed by atoms with Gasteiger partial charge in [0.05, 0.1) is 23.1 Å². The molecule has 0 spiro atoms. The summed E-state index contributed by atoms with van der Waals surface area (Å²) in [7, 11) is -1.58. The second-order valence-electron chi connectivity index (χ2n) is 3.75. The predicted molar refractivity (Wildman–Crippen MR) is 65.1 cm³/mol. The Hall–Kier alpha value is -1.38. The quantitative estimate of drug-likeness (QED) is 0.721. The number of methoxy groups -OCH3 is 1. The Morgan fingerprint density at radius 3 is 2.82 bits per heavy atom. The highest BCUT2D eigenvalue weighted by Crippen LogP contribution is 2.10. The van der Waals surface area contributed by atoms with E-state index in [1.807, 2.05) is 6.07 Å². The predicted octanol–water partition coefficient (Wildman–Crippen LogP) is 1.51. The largest absolute Gasteiger partial charge is 0.385 e. The summed E-state index contributed by atoms with van der Waals surface area (Å²) in [6.45, 7) is 0.442. The molecule has 0 aromatic heterocycles. The average Bonchev–Trinajstić information content (AvgIpc) is 2.29. The molecule has 17 heavy (non-hydrogen) atoms. The van der Waals surface area contributed by atoms with E-state index in [1.165, 1.54) is 0 Å². The molecule has 0 amide bonds. The summed E-state index contributed by atoms with van der Waals surface area (Å²) in [6, 6.07) is 8.66. The van der Waals surface area contributed by atoms with Crippen molar-refractivity contribution in [3.63, 3.8) is 0 Å². The molecule has 1 aromatic rings. The molecule has 0 bridgehead atoms. The first-order valence-electron chi connectivity index (χ1n) is 5.26. The third kappa shape index (κ3) is 4.98. The number of benzene rings is 1. The van der Waals surface area contributed by atoms with E-state index < -0.39 is 9.84 Å². The summed E-state index contributed by atoms with van der Waals surface area (Å²) in [4.78, 5) is 0. The first kappa shape index (κ1) is 13.7. The third-order valence-corrected chi connectivity index (χ3v) is 3.93. The van der Waals surface area contributed by atoms with E-state index in [4.69, 9.17) is 10.00 Å². The van der Waals surface area contributed by atoms with Crippen LogP contribution in [0.4, 0.5) is 0 Å². The van der Waals surface area contributed by atoms with Gasteiger partial charge in [-0.2, -0.15) is 5.26 Å². The van der Waals surface area contributed by atoms with Gasteiger partial charge in [0.25, 0.3) is 0 Å². The summed E-state index contributed by atoms with van der Waals surface area (Å²) in [5.74, 6) is 0.0872. The lowest BCUT2D eigenvalue weighted by Crippen LogP contribution is -2.11. The Bertz CT molecular complexity index is 503. The van der Waals surface area contributed by atoms with Crippen LogP contribution in [0.3, 0.4) is 0 Å². The molecule has 92 valence electrons. The zero-order valence-corrected chi connectivity index (χ0v) is 10.5. The van der Waals surface area contributed by atoms with Gasteiger partial charge in [-0.1, -0.05) is 12.1 Å². The van der Waals surface area contributed by atoms with Gasteiger partial charge in [0, 0.05) is 13.7 Å². The van der Waals surface area contributed by atoms with Gasteiger partial charge in [-0.15, -0.1) is 0 Å². The van der Waals surface area contributed by atoms with Crippen LogP contribution in [0.15, 0.2) is 24.3 Å². The van der Waals surface area contributed by atoms with Gasteiger partial charge in [-0.05, 0) is 24.1 Å². The van der Waals surface area contributed by atoms with Crippen molar-refractivity contribution >= 4 is 9.84 Å². The standard InChI is InChI=1S/C12H15NO3S/c1-16-6-3-7-17(14,15)10-12-5-2-4-11(8-12)9-13/h2,4-5,8H,3,6-7,10H2,1H3. The van der Waals surface area contributed by atoms with E-state index in [0.29, 0.717) is 24.2 Å². The molecule has 1 aromatic carbocycles. The molecule has 4 nitrogen and oxygen atoms in total. The minimum absolute atomic E-state index is 0.0216. The van der Waals surface area contributed by atoms with Crippen molar-refractivity contribution in [3.8, 4) is 6.07 Å². The molecule has 5 heteroatoms. The van der Waals surface area contributed by atoms with Crippen molar-refractivity contribution in [1.29, 1.82) is 5.26 Å². The molecule has 0 aliphatic rings. The third-order valence-electron chi connectivity index (χ3n) is 2.25. The summed E-state index contributed by atoms with van der Waals surface area (Å²) >= 11 is 0. The monoisotopic (exact) mass is 253 g/mol. The van der Waals surface area contributed by atoms with E-state index in [0.717, 1.165) is 0 Å². The molecule has 0 radical (unpaired) electrons. The Morgan fingerprint density at radius 2 is 2.18 bits per heavy atom. The molecule has 0 N–H and O–H groups in total. The maximum Gasteiger partial charge on any atom is 0.154 e. The van der Waals surface area contributed by atoms with Crippen LogP contribution >= 0.6 is 0 Å². The SMILES string of the molecule is COCCCS(=O)(=O)Cc1cccc(C#N)c1. The van der Waals surface area contributed by atoms with Crippen LogP contribution in [0.1, 0.15) is 17.5 Å². The van der Waals surface area contributed by atoms with Crippen molar-refractivity contribution in [3.05, 3.63) is 35.4 Å². The molecule has 0 aliphatic carbocycles. The molecule has 0 saturated carbocycles. The van der Waals surface area contributed by atoms with Crippen molar-refractivity contribution < 1.29 is 13.2 Å². The second kappa shape index (κ2) is 6.38. The van der Waals surface area contributed by atoms with Gasteiger partial charge in [0.1, 0.15) is 0 Å². The van der Waals surface area contributed by atoms with Gasteiger partial charge in [0.2, 0.25) is 0 Å². The van der Waals surface area contributed by atoms with Crippen LogP contribution in [0, 0.1) is 11.3 Å². The first-order valence-corrected chi connectivity index (χ1v) is 7.08. The normalized spacial score (nSPS) is 11.1. The average molecular weight is 253 g/mol. The summed E-state index contributed by atoms with van der Waals surface area (Å²) in [6.07, 6.45) is 0.497.